The molecule has 0 spiro atoms. The van der Waals surface area contributed by atoms with Crippen LogP contribution in [0.3, 0.4) is 0 Å². The largest absolute Gasteiger partial charge is 0.480 e. The first-order valence-corrected chi connectivity index (χ1v) is 5.57. The molecular formula is C10H11N3O3S. The van der Waals surface area contributed by atoms with Crippen molar-refractivity contribution in [3.05, 3.63) is 11.1 Å². The Morgan fingerprint density at radius 1 is 1.71 bits per heavy atom. The topological polar surface area (TPSA) is 91.3 Å². The summed E-state index contributed by atoms with van der Waals surface area (Å²) in [7, 11) is 0. The van der Waals surface area contributed by atoms with Crippen LogP contribution in [-0.2, 0) is 4.79 Å². The summed E-state index contributed by atoms with van der Waals surface area (Å²) in [5.41, 5.74) is 0.781. The van der Waals surface area contributed by atoms with Gasteiger partial charge in [0.25, 0.3) is 0 Å². The summed E-state index contributed by atoms with van der Waals surface area (Å²) in [5, 5.41) is 15.6. The number of carbonyl (C=O) groups excluding carboxylic acids is 1. The van der Waals surface area contributed by atoms with Crippen LogP contribution in [0.25, 0.3) is 0 Å². The number of nitrogens with one attached hydrogen (secondary N) is 2. The number of aromatic nitrogens is 1. The third-order valence-electron chi connectivity index (χ3n) is 1.76. The van der Waals surface area contributed by atoms with Gasteiger partial charge in [-0.2, -0.15) is 0 Å². The highest BCUT2D eigenvalue weighted by atomic mass is 32.1. The summed E-state index contributed by atoms with van der Waals surface area (Å²) >= 11 is 1.26. The normalized spacial score (nSPS) is 11.3. The van der Waals surface area contributed by atoms with Gasteiger partial charge in [0.15, 0.2) is 5.13 Å². The van der Waals surface area contributed by atoms with Gasteiger partial charge in [-0.15, -0.1) is 23.7 Å². The number of nitrogens with zero attached hydrogens (tertiary/aromatic N) is 1. The number of hydrogen-bond donors (Lipinski definition) is 3. The fourth-order valence-electron chi connectivity index (χ4n) is 1.02. The molecule has 90 valence electrons. The lowest BCUT2D eigenvalue weighted by atomic mass is 10.2. The molecule has 0 aliphatic carbocycles. The van der Waals surface area contributed by atoms with E-state index in [1.165, 1.54) is 11.3 Å². The Kier molecular flexibility index (Phi) is 4.48. The van der Waals surface area contributed by atoms with E-state index >= 15 is 0 Å². The van der Waals surface area contributed by atoms with E-state index < -0.39 is 18.0 Å². The fourth-order valence-corrected chi connectivity index (χ4v) is 1.70. The number of aryl methyl sites for hydroxylation is 1. The number of terminal acetylenes is 1. The highest BCUT2D eigenvalue weighted by Gasteiger charge is 2.18. The average molecular weight is 253 g/mol. The molecule has 0 saturated heterocycles. The van der Waals surface area contributed by atoms with Gasteiger partial charge in [0, 0.05) is 11.8 Å². The molecule has 0 fully saturated rings. The van der Waals surface area contributed by atoms with Crippen molar-refractivity contribution < 1.29 is 14.7 Å². The smallest absolute Gasteiger partial charge is 0.327 e. The molecular weight excluding hydrogens is 242 g/mol. The molecule has 0 aliphatic heterocycles. The molecule has 1 unspecified atom stereocenters. The number of rotatable bonds is 4. The standard InChI is InChI=1S/C10H11N3O3S/c1-3-4-7(8(14)15)12-9(16)13-10-11-6(2)5-17-10/h1,5,7H,4H2,2H3,(H,14,15)(H2,11,12,13,16). The lowest BCUT2D eigenvalue weighted by molar-refractivity contribution is -0.139. The van der Waals surface area contributed by atoms with Gasteiger partial charge in [-0.25, -0.2) is 14.6 Å². The van der Waals surface area contributed by atoms with Crippen molar-refractivity contribution in [1.82, 2.24) is 10.3 Å². The van der Waals surface area contributed by atoms with Crippen LogP contribution < -0.4 is 10.6 Å². The van der Waals surface area contributed by atoms with Crippen molar-refractivity contribution >= 4 is 28.5 Å². The van der Waals surface area contributed by atoms with Crippen molar-refractivity contribution in [2.75, 3.05) is 5.32 Å². The fraction of sp³-hybridized carbons (Fsp3) is 0.300. The number of thiazole rings is 1. The van der Waals surface area contributed by atoms with Crippen LogP contribution in [0.5, 0.6) is 0 Å². The minimum atomic E-state index is -1.17. The van der Waals surface area contributed by atoms with Crippen LogP contribution in [0, 0.1) is 19.3 Å². The molecule has 1 aromatic heterocycles. The van der Waals surface area contributed by atoms with Crippen molar-refractivity contribution in [3.8, 4) is 12.3 Å². The van der Waals surface area contributed by atoms with Crippen LogP contribution in [0.4, 0.5) is 9.93 Å². The third-order valence-corrected chi connectivity index (χ3v) is 2.64. The first kappa shape index (κ1) is 13.0. The molecule has 0 radical (unpaired) electrons. The highest BCUT2D eigenvalue weighted by molar-refractivity contribution is 7.13. The maximum atomic E-state index is 11.4. The molecule has 1 atom stereocenters. The van der Waals surface area contributed by atoms with Crippen LogP contribution in [0.1, 0.15) is 12.1 Å². The van der Waals surface area contributed by atoms with E-state index in [1.807, 2.05) is 0 Å². The van der Waals surface area contributed by atoms with Crippen LogP contribution in [-0.4, -0.2) is 28.1 Å². The first-order valence-electron chi connectivity index (χ1n) is 4.69. The second kappa shape index (κ2) is 5.86. The molecule has 7 heteroatoms. The molecule has 3 N–H and O–H groups in total. The molecule has 0 aromatic carbocycles. The monoisotopic (exact) mass is 253 g/mol. The third kappa shape index (κ3) is 4.12. The minimum absolute atomic E-state index is 0.0698. The summed E-state index contributed by atoms with van der Waals surface area (Å²) in [6.45, 7) is 1.79. The van der Waals surface area contributed by atoms with Crippen molar-refractivity contribution in [3.63, 3.8) is 0 Å². The van der Waals surface area contributed by atoms with E-state index in [0.717, 1.165) is 5.69 Å². The number of carboxylic acid groups (broad SMARTS) is 1. The van der Waals surface area contributed by atoms with E-state index in [9.17, 15) is 9.59 Å². The molecule has 2 amide bonds. The van der Waals surface area contributed by atoms with Gasteiger partial charge in [-0.1, -0.05) is 0 Å². The number of amides is 2. The Morgan fingerprint density at radius 3 is 2.88 bits per heavy atom. The van der Waals surface area contributed by atoms with Gasteiger partial charge in [0.05, 0.1) is 5.69 Å². The van der Waals surface area contributed by atoms with Gasteiger partial charge < -0.3 is 10.4 Å². The van der Waals surface area contributed by atoms with Gasteiger partial charge >= 0.3 is 12.0 Å². The zero-order valence-corrected chi connectivity index (χ0v) is 9.87. The number of carboxylic acids is 1. The highest BCUT2D eigenvalue weighted by Crippen LogP contribution is 2.13. The number of urea groups is 1. The van der Waals surface area contributed by atoms with Gasteiger partial charge in [0.2, 0.25) is 0 Å². The molecule has 0 bridgehead atoms. The predicted octanol–water partition coefficient (Wildman–Crippen LogP) is 1.05. The predicted molar refractivity (Wildman–Crippen MR) is 63.9 cm³/mol. The lowest BCUT2D eigenvalue weighted by Crippen LogP contribution is -2.42. The van der Waals surface area contributed by atoms with Gasteiger partial charge in [0.1, 0.15) is 6.04 Å². The van der Waals surface area contributed by atoms with Crippen molar-refractivity contribution in [2.24, 2.45) is 0 Å². The average Bonchev–Trinajstić information content (AvgIpc) is 2.63. The van der Waals surface area contributed by atoms with E-state index in [2.05, 4.69) is 21.5 Å². The summed E-state index contributed by atoms with van der Waals surface area (Å²) in [6.07, 6.45) is 4.93. The molecule has 1 heterocycles. The van der Waals surface area contributed by atoms with Crippen LogP contribution in [0.2, 0.25) is 0 Å². The zero-order chi connectivity index (χ0) is 12.8. The van der Waals surface area contributed by atoms with Crippen molar-refractivity contribution in [2.45, 2.75) is 19.4 Å². The van der Waals surface area contributed by atoms with E-state index in [4.69, 9.17) is 11.5 Å². The molecule has 1 aromatic rings. The number of anilines is 1. The summed E-state index contributed by atoms with van der Waals surface area (Å²) in [5.74, 6) is 1.01. The van der Waals surface area contributed by atoms with Crippen molar-refractivity contribution in [1.29, 1.82) is 0 Å². The minimum Gasteiger partial charge on any atom is -0.480 e. The Hall–Kier alpha value is -2.07. The Labute approximate surface area is 102 Å². The van der Waals surface area contributed by atoms with Crippen LogP contribution >= 0.6 is 11.3 Å². The van der Waals surface area contributed by atoms with E-state index in [1.54, 1.807) is 12.3 Å². The van der Waals surface area contributed by atoms with E-state index in [0.29, 0.717) is 5.13 Å². The maximum Gasteiger partial charge on any atom is 0.327 e. The van der Waals surface area contributed by atoms with Crippen LogP contribution in [0.15, 0.2) is 5.38 Å². The molecule has 0 saturated carbocycles. The zero-order valence-electron chi connectivity index (χ0n) is 9.06. The second-order valence-corrected chi connectivity index (χ2v) is 4.05. The molecule has 17 heavy (non-hydrogen) atoms. The summed E-state index contributed by atoms with van der Waals surface area (Å²) in [6, 6.07) is -1.73. The Balaban J connectivity index is 2.54. The summed E-state index contributed by atoms with van der Waals surface area (Å²) in [4.78, 5) is 26.2. The number of carbonyl (C=O) groups is 2. The second-order valence-electron chi connectivity index (χ2n) is 3.19. The Bertz CT molecular complexity index is 464. The van der Waals surface area contributed by atoms with E-state index in [-0.39, 0.29) is 6.42 Å². The molecule has 1 rings (SSSR count). The number of aliphatic carboxylic acids is 1. The number of hydrogen-bond acceptors (Lipinski definition) is 4. The lowest BCUT2D eigenvalue weighted by Gasteiger charge is -2.11. The molecule has 6 nitrogen and oxygen atoms in total. The first-order chi connectivity index (χ1) is 8.02. The maximum absolute atomic E-state index is 11.4. The SMILES string of the molecule is C#CCC(NC(=O)Nc1nc(C)cs1)C(=O)O. The molecule has 0 aliphatic rings. The quantitative estimate of drug-likeness (QED) is 0.699. The Morgan fingerprint density at radius 2 is 2.41 bits per heavy atom. The van der Waals surface area contributed by atoms with Gasteiger partial charge in [-0.05, 0) is 6.92 Å². The van der Waals surface area contributed by atoms with Gasteiger partial charge in [-0.3, -0.25) is 5.32 Å². The summed E-state index contributed by atoms with van der Waals surface area (Å²) < 4.78 is 0.